The van der Waals surface area contributed by atoms with E-state index in [1.54, 1.807) is 7.11 Å². The molecule has 1 atom stereocenters. The molecule has 1 unspecified atom stereocenters. The van der Waals surface area contributed by atoms with Crippen molar-refractivity contribution in [1.82, 2.24) is 4.98 Å². The van der Waals surface area contributed by atoms with Crippen LogP contribution in [0.5, 0.6) is 5.88 Å². The lowest BCUT2D eigenvalue weighted by molar-refractivity contribution is 0.397. The monoisotopic (exact) mass is 243 g/mol. The number of ether oxygens (including phenoxy) is 1. The SMILES string of the molecule is COc1ccc(C(C)[SiH2]c2ccccc2)cn1. The number of hydrogen-bond donors (Lipinski definition) is 0. The summed E-state index contributed by atoms with van der Waals surface area (Å²) in [6.07, 6.45) is 1.93. The fourth-order valence-corrected chi connectivity index (χ4v) is 3.62. The molecular weight excluding hydrogens is 226 g/mol. The van der Waals surface area contributed by atoms with Gasteiger partial charge in [-0.1, -0.05) is 48.5 Å². The second-order valence-electron chi connectivity index (χ2n) is 4.22. The zero-order chi connectivity index (χ0) is 12.1. The molecule has 0 aliphatic carbocycles. The van der Waals surface area contributed by atoms with Crippen LogP contribution >= 0.6 is 0 Å². The summed E-state index contributed by atoms with van der Waals surface area (Å²) in [4.78, 5) is 4.26. The van der Waals surface area contributed by atoms with Crippen LogP contribution in [0, 0.1) is 0 Å². The fraction of sp³-hybridized carbons (Fsp3) is 0.214. The van der Waals surface area contributed by atoms with Crippen molar-refractivity contribution < 1.29 is 4.74 Å². The predicted molar refractivity (Wildman–Crippen MR) is 73.8 cm³/mol. The van der Waals surface area contributed by atoms with Crippen molar-refractivity contribution in [3.8, 4) is 5.88 Å². The van der Waals surface area contributed by atoms with Crippen LogP contribution in [0.4, 0.5) is 0 Å². The van der Waals surface area contributed by atoms with E-state index in [0.717, 1.165) is 0 Å². The highest BCUT2D eigenvalue weighted by atomic mass is 28.2. The summed E-state index contributed by atoms with van der Waals surface area (Å²) in [5.41, 5.74) is 1.91. The Hall–Kier alpha value is -1.61. The van der Waals surface area contributed by atoms with Gasteiger partial charge in [0, 0.05) is 12.3 Å². The number of methoxy groups -OCH3 is 1. The van der Waals surface area contributed by atoms with E-state index in [4.69, 9.17) is 4.74 Å². The van der Waals surface area contributed by atoms with Crippen LogP contribution < -0.4 is 9.92 Å². The summed E-state index contributed by atoms with van der Waals surface area (Å²) in [7, 11) is 1.36. The van der Waals surface area contributed by atoms with E-state index in [1.165, 1.54) is 10.8 Å². The van der Waals surface area contributed by atoms with Gasteiger partial charge in [-0.25, -0.2) is 4.98 Å². The predicted octanol–water partition coefficient (Wildman–Crippen LogP) is 1.65. The molecule has 0 aliphatic rings. The third-order valence-electron chi connectivity index (χ3n) is 2.92. The van der Waals surface area contributed by atoms with Crippen LogP contribution in [0.3, 0.4) is 0 Å². The van der Waals surface area contributed by atoms with E-state index in [9.17, 15) is 0 Å². The van der Waals surface area contributed by atoms with Gasteiger partial charge in [-0.3, -0.25) is 0 Å². The van der Waals surface area contributed by atoms with Gasteiger partial charge >= 0.3 is 0 Å². The van der Waals surface area contributed by atoms with Gasteiger partial charge in [0.1, 0.15) is 0 Å². The van der Waals surface area contributed by atoms with Gasteiger partial charge < -0.3 is 4.74 Å². The molecule has 0 aliphatic heterocycles. The Morgan fingerprint density at radius 3 is 2.47 bits per heavy atom. The van der Waals surface area contributed by atoms with Crippen LogP contribution in [-0.2, 0) is 0 Å². The quantitative estimate of drug-likeness (QED) is 0.762. The zero-order valence-electron chi connectivity index (χ0n) is 10.3. The molecule has 3 heteroatoms. The smallest absolute Gasteiger partial charge is 0.212 e. The van der Waals surface area contributed by atoms with Crippen LogP contribution in [0.2, 0.25) is 0 Å². The second kappa shape index (κ2) is 5.64. The van der Waals surface area contributed by atoms with E-state index < -0.39 is 0 Å². The maximum absolute atomic E-state index is 5.07. The third-order valence-corrected chi connectivity index (χ3v) is 4.95. The van der Waals surface area contributed by atoms with Gasteiger partial charge in [0.15, 0.2) is 0 Å². The lowest BCUT2D eigenvalue weighted by atomic mass is 10.2. The van der Waals surface area contributed by atoms with Crippen LogP contribution in [0.15, 0.2) is 48.7 Å². The van der Waals surface area contributed by atoms with Crippen molar-refractivity contribution in [1.29, 1.82) is 0 Å². The normalized spacial score (nSPS) is 12.8. The molecule has 0 saturated carbocycles. The summed E-state index contributed by atoms with van der Waals surface area (Å²) >= 11 is 0. The molecule has 1 heterocycles. The first kappa shape index (κ1) is 11.9. The lowest BCUT2D eigenvalue weighted by Crippen LogP contribution is -2.19. The van der Waals surface area contributed by atoms with E-state index >= 15 is 0 Å². The summed E-state index contributed by atoms with van der Waals surface area (Å²) in [5, 5.41) is 1.50. The summed E-state index contributed by atoms with van der Waals surface area (Å²) in [6, 6.07) is 14.8. The minimum absolute atomic E-state index is 0.285. The molecule has 2 aromatic rings. The van der Waals surface area contributed by atoms with Crippen LogP contribution in [-0.4, -0.2) is 21.6 Å². The summed E-state index contributed by atoms with van der Waals surface area (Å²) < 4.78 is 5.07. The number of pyridine rings is 1. The second-order valence-corrected chi connectivity index (χ2v) is 6.67. The first-order valence-electron chi connectivity index (χ1n) is 5.83. The molecule has 0 spiro atoms. The first-order chi connectivity index (χ1) is 8.29. The molecule has 0 N–H and O–H groups in total. The number of aromatic nitrogens is 1. The maximum atomic E-state index is 5.07. The molecule has 2 nitrogen and oxygen atoms in total. The summed E-state index contributed by atoms with van der Waals surface area (Å²) in [5.74, 6) is 0.683. The standard InChI is InChI=1S/C14H17NOSi/c1-11(17-13-6-4-3-5-7-13)12-8-9-14(16-2)15-10-12/h3-11H,17H2,1-2H3. The molecule has 1 aromatic carbocycles. The molecule has 0 amide bonds. The van der Waals surface area contributed by atoms with Crippen molar-refractivity contribution in [2.45, 2.75) is 12.5 Å². The van der Waals surface area contributed by atoms with Crippen molar-refractivity contribution in [3.63, 3.8) is 0 Å². The van der Waals surface area contributed by atoms with E-state index in [-0.39, 0.29) is 9.52 Å². The number of benzene rings is 1. The van der Waals surface area contributed by atoms with Gasteiger partial charge in [-0.2, -0.15) is 0 Å². The fourth-order valence-electron chi connectivity index (χ4n) is 1.89. The van der Waals surface area contributed by atoms with Crippen molar-refractivity contribution in [3.05, 3.63) is 54.2 Å². The Balaban J connectivity index is 2.06. The third kappa shape index (κ3) is 3.17. The van der Waals surface area contributed by atoms with E-state index in [2.05, 4.69) is 48.3 Å². The topological polar surface area (TPSA) is 22.1 Å². The average Bonchev–Trinajstić information content (AvgIpc) is 2.40. The highest BCUT2D eigenvalue weighted by molar-refractivity contribution is 6.54. The molecule has 1 aromatic heterocycles. The van der Waals surface area contributed by atoms with E-state index in [1.807, 2.05) is 12.3 Å². The highest BCUT2D eigenvalue weighted by Gasteiger charge is 2.07. The van der Waals surface area contributed by atoms with Crippen molar-refractivity contribution >= 4 is 14.7 Å². The van der Waals surface area contributed by atoms with Crippen molar-refractivity contribution in [2.75, 3.05) is 7.11 Å². The van der Waals surface area contributed by atoms with Gasteiger partial charge in [0.25, 0.3) is 0 Å². The number of nitrogens with zero attached hydrogens (tertiary/aromatic N) is 1. The number of rotatable bonds is 4. The Morgan fingerprint density at radius 1 is 1.12 bits per heavy atom. The Labute approximate surface area is 104 Å². The Bertz CT molecular complexity index is 455. The van der Waals surface area contributed by atoms with Gasteiger partial charge in [0.05, 0.1) is 16.6 Å². The largest absolute Gasteiger partial charge is 0.481 e. The molecule has 0 fully saturated rings. The highest BCUT2D eigenvalue weighted by Crippen LogP contribution is 2.15. The van der Waals surface area contributed by atoms with Gasteiger partial charge in [0.2, 0.25) is 5.88 Å². The molecule has 0 saturated heterocycles. The van der Waals surface area contributed by atoms with Gasteiger partial charge in [-0.15, -0.1) is 0 Å². The molecule has 2 rings (SSSR count). The van der Waals surface area contributed by atoms with Gasteiger partial charge in [-0.05, 0) is 11.1 Å². The molecule has 0 radical (unpaired) electrons. The molecule has 17 heavy (non-hydrogen) atoms. The molecular formula is C14H17NOSi. The van der Waals surface area contributed by atoms with E-state index in [0.29, 0.717) is 11.4 Å². The summed E-state index contributed by atoms with van der Waals surface area (Å²) in [6.45, 7) is 2.28. The van der Waals surface area contributed by atoms with Crippen LogP contribution in [0.1, 0.15) is 18.0 Å². The average molecular weight is 243 g/mol. The van der Waals surface area contributed by atoms with Crippen molar-refractivity contribution in [2.24, 2.45) is 0 Å². The lowest BCUT2D eigenvalue weighted by Gasteiger charge is -2.11. The Kier molecular flexibility index (Phi) is 3.93. The zero-order valence-corrected chi connectivity index (χ0v) is 11.7. The Morgan fingerprint density at radius 2 is 1.88 bits per heavy atom. The van der Waals surface area contributed by atoms with Crippen LogP contribution in [0.25, 0.3) is 0 Å². The minimum Gasteiger partial charge on any atom is -0.481 e. The minimum atomic E-state index is -0.285. The maximum Gasteiger partial charge on any atom is 0.212 e. The molecule has 88 valence electrons. The molecule has 0 bridgehead atoms. The number of hydrogen-bond acceptors (Lipinski definition) is 2. The first-order valence-corrected chi connectivity index (χ1v) is 7.36.